The lowest BCUT2D eigenvalue weighted by atomic mass is 10.1. The standard InChI is InChI=1S/C14H9NO3S2/c1-2-7-15-12(16)11(20-14(15)19)10-8-5-3-4-6-9(8)13(17)18-10/h2-6H,1,7H2/b11-10+. The summed E-state index contributed by atoms with van der Waals surface area (Å²) in [6.45, 7) is 3.94. The van der Waals surface area contributed by atoms with Gasteiger partial charge in [0.05, 0.1) is 5.56 Å². The first-order valence-corrected chi connectivity index (χ1v) is 7.06. The number of carbonyl (C=O) groups is 2. The maximum atomic E-state index is 12.3. The molecule has 0 N–H and O–H groups in total. The highest BCUT2D eigenvalue weighted by Crippen LogP contribution is 2.41. The summed E-state index contributed by atoms with van der Waals surface area (Å²) < 4.78 is 5.69. The number of benzene rings is 1. The molecule has 0 saturated carbocycles. The number of thioether (sulfide) groups is 1. The molecule has 1 fully saturated rings. The maximum absolute atomic E-state index is 12.3. The fraction of sp³-hybridized carbons (Fsp3) is 0.0714. The van der Waals surface area contributed by atoms with Gasteiger partial charge in [-0.25, -0.2) is 4.79 Å². The number of esters is 1. The number of thiocarbonyl (C=S) groups is 1. The summed E-state index contributed by atoms with van der Waals surface area (Å²) in [5.41, 5.74) is 1.10. The molecule has 100 valence electrons. The summed E-state index contributed by atoms with van der Waals surface area (Å²) >= 11 is 6.32. The zero-order valence-corrected chi connectivity index (χ0v) is 11.9. The summed E-state index contributed by atoms with van der Waals surface area (Å²) in [4.78, 5) is 25.9. The number of fused-ring (bicyclic) bond motifs is 1. The van der Waals surface area contributed by atoms with Crippen LogP contribution in [0.5, 0.6) is 0 Å². The van der Waals surface area contributed by atoms with E-state index in [0.717, 1.165) is 11.8 Å². The Hall–Kier alpha value is -1.92. The zero-order valence-electron chi connectivity index (χ0n) is 10.3. The number of hydrogen-bond donors (Lipinski definition) is 0. The highest BCUT2D eigenvalue weighted by molar-refractivity contribution is 8.26. The summed E-state index contributed by atoms with van der Waals surface area (Å²) in [7, 11) is 0. The molecule has 0 spiro atoms. The Morgan fingerprint density at radius 2 is 2.00 bits per heavy atom. The van der Waals surface area contributed by atoms with Crippen molar-refractivity contribution in [2.45, 2.75) is 0 Å². The molecule has 6 heteroatoms. The molecule has 0 aromatic heterocycles. The lowest BCUT2D eigenvalue weighted by Gasteiger charge is -2.10. The highest BCUT2D eigenvalue weighted by atomic mass is 32.2. The molecule has 0 unspecified atom stereocenters. The van der Waals surface area contributed by atoms with Crippen LogP contribution in [0.25, 0.3) is 5.76 Å². The third-order valence-corrected chi connectivity index (χ3v) is 4.38. The SMILES string of the molecule is C=CCN1C(=O)/C(=C2\OC(=O)c3ccccc32)SC1=S. The van der Waals surface area contributed by atoms with Gasteiger partial charge >= 0.3 is 5.97 Å². The number of ether oxygens (including phenoxy) is 1. The molecule has 2 aliphatic rings. The minimum Gasteiger partial charge on any atom is -0.421 e. The molecular formula is C14H9NO3S2. The van der Waals surface area contributed by atoms with Gasteiger partial charge in [-0.15, -0.1) is 6.58 Å². The molecule has 2 heterocycles. The third-order valence-electron chi connectivity index (χ3n) is 2.95. The van der Waals surface area contributed by atoms with Crippen molar-refractivity contribution in [3.8, 4) is 0 Å². The normalized spacial score (nSPS) is 21.2. The molecule has 4 nitrogen and oxygen atoms in total. The molecule has 0 aliphatic carbocycles. The highest BCUT2D eigenvalue weighted by Gasteiger charge is 2.39. The molecule has 0 radical (unpaired) electrons. The zero-order chi connectivity index (χ0) is 14.3. The van der Waals surface area contributed by atoms with E-state index in [2.05, 4.69) is 6.58 Å². The minimum atomic E-state index is -0.440. The number of nitrogens with zero attached hydrogens (tertiary/aromatic N) is 1. The monoisotopic (exact) mass is 303 g/mol. The van der Waals surface area contributed by atoms with Crippen LogP contribution in [-0.2, 0) is 9.53 Å². The van der Waals surface area contributed by atoms with Crippen molar-refractivity contribution in [1.82, 2.24) is 4.90 Å². The second-order valence-electron chi connectivity index (χ2n) is 4.17. The van der Waals surface area contributed by atoms with Gasteiger partial charge in [-0.2, -0.15) is 0 Å². The molecule has 1 saturated heterocycles. The Labute approximate surface area is 125 Å². The Balaban J connectivity index is 2.09. The topological polar surface area (TPSA) is 46.6 Å². The van der Waals surface area contributed by atoms with Gasteiger partial charge in [-0.05, 0) is 6.07 Å². The van der Waals surface area contributed by atoms with E-state index in [9.17, 15) is 9.59 Å². The van der Waals surface area contributed by atoms with Crippen molar-refractivity contribution < 1.29 is 14.3 Å². The van der Waals surface area contributed by atoms with E-state index in [4.69, 9.17) is 17.0 Å². The van der Waals surface area contributed by atoms with Crippen LogP contribution in [0.15, 0.2) is 41.8 Å². The van der Waals surface area contributed by atoms with E-state index in [-0.39, 0.29) is 5.91 Å². The fourth-order valence-electron chi connectivity index (χ4n) is 2.05. The van der Waals surface area contributed by atoms with Gasteiger partial charge in [0.2, 0.25) is 0 Å². The molecule has 1 aromatic rings. The van der Waals surface area contributed by atoms with Crippen molar-refractivity contribution in [3.63, 3.8) is 0 Å². The van der Waals surface area contributed by atoms with E-state index in [1.807, 2.05) is 0 Å². The number of cyclic esters (lactones) is 1. The van der Waals surface area contributed by atoms with Crippen LogP contribution < -0.4 is 0 Å². The summed E-state index contributed by atoms with van der Waals surface area (Å²) in [5, 5.41) is 0. The van der Waals surface area contributed by atoms with Gasteiger partial charge in [0.25, 0.3) is 5.91 Å². The Morgan fingerprint density at radius 3 is 2.70 bits per heavy atom. The fourth-order valence-corrected chi connectivity index (χ4v) is 3.34. The Bertz CT molecular complexity index is 693. The van der Waals surface area contributed by atoms with Crippen LogP contribution >= 0.6 is 24.0 Å². The molecule has 2 aliphatic heterocycles. The van der Waals surface area contributed by atoms with E-state index in [1.54, 1.807) is 30.3 Å². The molecule has 20 heavy (non-hydrogen) atoms. The lowest BCUT2D eigenvalue weighted by molar-refractivity contribution is -0.121. The van der Waals surface area contributed by atoms with E-state index < -0.39 is 5.97 Å². The Kier molecular flexibility index (Phi) is 3.19. The quantitative estimate of drug-likeness (QED) is 0.364. The molecule has 0 atom stereocenters. The molecular weight excluding hydrogens is 294 g/mol. The molecule has 0 bridgehead atoms. The number of hydrogen-bond acceptors (Lipinski definition) is 5. The third kappa shape index (κ3) is 1.88. The first kappa shape index (κ1) is 13.1. The van der Waals surface area contributed by atoms with Gasteiger partial charge in [0.15, 0.2) is 5.76 Å². The smallest absolute Gasteiger partial charge is 0.344 e. The van der Waals surface area contributed by atoms with Crippen LogP contribution in [0, 0.1) is 0 Å². The second kappa shape index (κ2) is 4.88. The predicted molar refractivity (Wildman–Crippen MR) is 80.9 cm³/mol. The van der Waals surface area contributed by atoms with Crippen LogP contribution in [0.2, 0.25) is 0 Å². The van der Waals surface area contributed by atoms with E-state index in [0.29, 0.717) is 32.7 Å². The van der Waals surface area contributed by atoms with Crippen molar-refractivity contribution in [2.75, 3.05) is 6.54 Å². The lowest BCUT2D eigenvalue weighted by Crippen LogP contribution is -2.28. The van der Waals surface area contributed by atoms with Crippen molar-refractivity contribution in [3.05, 3.63) is 53.0 Å². The Morgan fingerprint density at radius 1 is 1.30 bits per heavy atom. The van der Waals surface area contributed by atoms with E-state index in [1.165, 1.54) is 4.90 Å². The van der Waals surface area contributed by atoms with Gasteiger partial charge in [-0.1, -0.05) is 48.3 Å². The van der Waals surface area contributed by atoms with Crippen LogP contribution in [0.3, 0.4) is 0 Å². The average molecular weight is 303 g/mol. The van der Waals surface area contributed by atoms with Crippen LogP contribution in [0.4, 0.5) is 0 Å². The van der Waals surface area contributed by atoms with Gasteiger partial charge in [-0.3, -0.25) is 9.69 Å². The average Bonchev–Trinajstić information content (AvgIpc) is 2.92. The van der Waals surface area contributed by atoms with Crippen molar-refractivity contribution >= 4 is 45.9 Å². The van der Waals surface area contributed by atoms with Crippen LogP contribution in [-0.4, -0.2) is 27.6 Å². The van der Waals surface area contributed by atoms with Gasteiger partial charge < -0.3 is 4.74 Å². The molecule has 1 amide bonds. The second-order valence-corrected chi connectivity index (χ2v) is 5.81. The molecule has 1 aromatic carbocycles. The van der Waals surface area contributed by atoms with Crippen molar-refractivity contribution in [1.29, 1.82) is 0 Å². The largest absolute Gasteiger partial charge is 0.421 e. The van der Waals surface area contributed by atoms with E-state index >= 15 is 0 Å². The first-order chi connectivity index (χ1) is 9.63. The first-order valence-electron chi connectivity index (χ1n) is 5.84. The molecule has 3 rings (SSSR count). The summed E-state index contributed by atoms with van der Waals surface area (Å²) in [5.74, 6) is -0.390. The maximum Gasteiger partial charge on any atom is 0.344 e. The number of rotatable bonds is 2. The predicted octanol–water partition coefficient (Wildman–Crippen LogP) is 2.57. The summed E-state index contributed by atoms with van der Waals surface area (Å²) in [6, 6.07) is 6.99. The van der Waals surface area contributed by atoms with Gasteiger partial charge in [0.1, 0.15) is 9.23 Å². The minimum absolute atomic E-state index is 0.251. The number of carbonyl (C=O) groups excluding carboxylic acids is 2. The van der Waals surface area contributed by atoms with Crippen LogP contribution in [0.1, 0.15) is 15.9 Å². The number of amides is 1. The van der Waals surface area contributed by atoms with Crippen molar-refractivity contribution in [2.24, 2.45) is 0 Å². The van der Waals surface area contributed by atoms with Gasteiger partial charge in [0, 0.05) is 12.1 Å². The summed E-state index contributed by atoms with van der Waals surface area (Å²) in [6.07, 6.45) is 1.60.